The van der Waals surface area contributed by atoms with Gasteiger partial charge < -0.3 is 20.7 Å². The molecule has 0 aliphatic carbocycles. The molecule has 1 amide bonds. The summed E-state index contributed by atoms with van der Waals surface area (Å²) in [4.78, 5) is 16.9. The molecule has 3 N–H and O–H groups in total. The van der Waals surface area contributed by atoms with Crippen molar-refractivity contribution in [3.8, 4) is 5.75 Å². The van der Waals surface area contributed by atoms with Gasteiger partial charge in [-0.05, 0) is 50.6 Å². The van der Waals surface area contributed by atoms with E-state index in [1.165, 1.54) is 18.6 Å². The lowest BCUT2D eigenvalue weighted by Gasteiger charge is -2.21. The van der Waals surface area contributed by atoms with E-state index in [2.05, 4.69) is 22.9 Å². The maximum atomic E-state index is 12.2. The van der Waals surface area contributed by atoms with Gasteiger partial charge in [-0.25, -0.2) is 0 Å². The molecule has 27 heavy (non-hydrogen) atoms. The molecule has 2 rings (SSSR count). The van der Waals surface area contributed by atoms with Crippen molar-refractivity contribution < 1.29 is 9.53 Å². The van der Waals surface area contributed by atoms with Gasteiger partial charge in [-0.1, -0.05) is 6.07 Å². The molecule has 0 spiro atoms. The number of halogens is 1. The zero-order chi connectivity index (χ0) is 18.8. The molecule has 1 aliphatic heterocycles. The predicted octanol–water partition coefficient (Wildman–Crippen LogP) is 2.88. The second-order valence-corrected chi connectivity index (χ2v) is 8.19. The summed E-state index contributed by atoms with van der Waals surface area (Å²) < 4.78 is 5.40. The zero-order valence-electron chi connectivity index (χ0n) is 16.3. The molecule has 1 aliphatic rings. The highest BCUT2D eigenvalue weighted by Crippen LogP contribution is 2.37. The van der Waals surface area contributed by atoms with Crippen LogP contribution in [0.25, 0.3) is 0 Å². The van der Waals surface area contributed by atoms with E-state index < -0.39 is 0 Å². The first-order chi connectivity index (χ1) is 12.6. The minimum absolute atomic E-state index is 0. The Labute approximate surface area is 183 Å². The van der Waals surface area contributed by atoms with Crippen LogP contribution in [-0.2, 0) is 0 Å². The maximum absolute atomic E-state index is 12.2. The van der Waals surface area contributed by atoms with Crippen LogP contribution in [0.4, 0.5) is 0 Å². The third kappa shape index (κ3) is 8.16. The van der Waals surface area contributed by atoms with Crippen LogP contribution in [0.2, 0.25) is 0 Å². The van der Waals surface area contributed by atoms with E-state index in [9.17, 15) is 4.79 Å². The summed E-state index contributed by atoms with van der Waals surface area (Å²) in [7, 11) is 1.59. The third-order valence-corrected chi connectivity index (χ3v) is 5.77. The van der Waals surface area contributed by atoms with E-state index in [-0.39, 0.29) is 34.6 Å². The highest BCUT2D eigenvalue weighted by atomic mass is 127. The van der Waals surface area contributed by atoms with E-state index in [0.29, 0.717) is 24.4 Å². The van der Waals surface area contributed by atoms with Gasteiger partial charge in [0.25, 0.3) is 5.91 Å². The summed E-state index contributed by atoms with van der Waals surface area (Å²) in [6, 6.07) is 7.13. The molecule has 1 unspecified atom stereocenters. The number of rotatable bonds is 8. The Bertz CT molecular complexity index is 621. The summed E-state index contributed by atoms with van der Waals surface area (Å²) >= 11 is 2.01. The normalized spacial score (nSPS) is 19.1. The fourth-order valence-corrected chi connectivity index (χ4v) is 4.00. The molecular formula is C19H31IN4O2S. The molecule has 8 heteroatoms. The summed E-state index contributed by atoms with van der Waals surface area (Å²) in [5.74, 6) is 2.60. The van der Waals surface area contributed by atoms with Crippen molar-refractivity contribution in [2.75, 3.05) is 39.0 Å². The summed E-state index contributed by atoms with van der Waals surface area (Å²) in [5, 5.41) is 9.45. The molecule has 1 aromatic rings. The number of benzene rings is 1. The first-order valence-corrected chi connectivity index (χ1v) is 10.1. The van der Waals surface area contributed by atoms with Gasteiger partial charge in [0, 0.05) is 29.9 Å². The number of methoxy groups -OCH3 is 1. The molecule has 0 saturated carbocycles. The number of ether oxygens (including phenoxy) is 1. The minimum atomic E-state index is -0.109. The Morgan fingerprint density at radius 1 is 1.30 bits per heavy atom. The van der Waals surface area contributed by atoms with Crippen LogP contribution in [-0.4, -0.2) is 55.7 Å². The van der Waals surface area contributed by atoms with Crippen LogP contribution < -0.4 is 20.7 Å². The maximum Gasteiger partial charge on any atom is 0.251 e. The Hall–Kier alpha value is -1.16. The molecule has 1 saturated heterocycles. The van der Waals surface area contributed by atoms with E-state index in [1.54, 1.807) is 19.2 Å². The summed E-state index contributed by atoms with van der Waals surface area (Å²) in [5.41, 5.74) is 0.594. The van der Waals surface area contributed by atoms with Gasteiger partial charge in [0.15, 0.2) is 5.96 Å². The van der Waals surface area contributed by atoms with E-state index in [1.807, 2.05) is 30.8 Å². The Morgan fingerprint density at radius 2 is 2.07 bits per heavy atom. The number of hydrogen-bond acceptors (Lipinski definition) is 4. The number of carbonyl (C=O) groups excluding carboxylic acids is 1. The lowest BCUT2D eigenvalue weighted by atomic mass is 10.1. The number of carbonyl (C=O) groups is 1. The molecule has 0 radical (unpaired) electrons. The number of hydrogen-bond donors (Lipinski definition) is 3. The van der Waals surface area contributed by atoms with Crippen molar-refractivity contribution >= 4 is 47.6 Å². The fourth-order valence-electron chi connectivity index (χ4n) is 2.77. The molecule has 6 nitrogen and oxygen atoms in total. The van der Waals surface area contributed by atoms with Crippen molar-refractivity contribution in [2.45, 2.75) is 31.4 Å². The van der Waals surface area contributed by atoms with Gasteiger partial charge in [-0.15, -0.1) is 24.0 Å². The van der Waals surface area contributed by atoms with Crippen molar-refractivity contribution in [3.63, 3.8) is 0 Å². The van der Waals surface area contributed by atoms with Crippen LogP contribution >= 0.6 is 35.7 Å². The predicted molar refractivity (Wildman–Crippen MR) is 125 cm³/mol. The fraction of sp³-hybridized carbons (Fsp3) is 0.579. The third-order valence-electron chi connectivity index (χ3n) is 4.25. The Kier molecular flexibility index (Phi) is 10.9. The number of guanidine groups is 1. The molecule has 1 heterocycles. The summed E-state index contributed by atoms with van der Waals surface area (Å²) in [6.07, 6.45) is 2.49. The molecule has 1 fully saturated rings. The van der Waals surface area contributed by atoms with Crippen molar-refractivity contribution in [1.29, 1.82) is 0 Å². The Morgan fingerprint density at radius 3 is 2.74 bits per heavy atom. The smallest absolute Gasteiger partial charge is 0.251 e. The lowest BCUT2D eigenvalue weighted by Crippen LogP contribution is -2.42. The average molecular weight is 506 g/mol. The van der Waals surface area contributed by atoms with Gasteiger partial charge in [0.05, 0.1) is 13.7 Å². The van der Waals surface area contributed by atoms with Crippen LogP contribution in [0.5, 0.6) is 5.75 Å². The molecule has 0 bridgehead atoms. The molecule has 0 aromatic heterocycles. The highest BCUT2D eigenvalue weighted by molar-refractivity contribution is 14.0. The molecule has 152 valence electrons. The highest BCUT2D eigenvalue weighted by Gasteiger charge is 2.29. The van der Waals surface area contributed by atoms with E-state index in [0.717, 1.165) is 19.0 Å². The number of nitrogens with zero attached hydrogens (tertiary/aromatic N) is 1. The van der Waals surface area contributed by atoms with Gasteiger partial charge in [0.2, 0.25) is 0 Å². The first-order valence-electron chi connectivity index (χ1n) is 9.15. The number of nitrogens with one attached hydrogen (secondary N) is 3. The van der Waals surface area contributed by atoms with Gasteiger partial charge in [0.1, 0.15) is 5.75 Å². The lowest BCUT2D eigenvalue weighted by molar-refractivity contribution is 0.0954. The number of amides is 1. The van der Waals surface area contributed by atoms with Crippen LogP contribution in [0, 0.1) is 0 Å². The van der Waals surface area contributed by atoms with Crippen LogP contribution in [0.1, 0.15) is 37.0 Å². The standard InChI is InChI=1S/C19H30N4O2S.HI/c1-4-20-18(23-14-19(2)9-6-12-26-19)22-11-10-21-17(24)15-7-5-8-16(13-15)25-3;/h5,7-8,13H,4,6,9-12,14H2,1-3H3,(H,21,24)(H2,20,22,23);1H. The van der Waals surface area contributed by atoms with Gasteiger partial charge >= 0.3 is 0 Å². The second kappa shape index (κ2) is 12.3. The molecule has 1 aromatic carbocycles. The largest absolute Gasteiger partial charge is 0.497 e. The van der Waals surface area contributed by atoms with Crippen LogP contribution in [0.3, 0.4) is 0 Å². The second-order valence-electron chi connectivity index (χ2n) is 6.51. The van der Waals surface area contributed by atoms with Crippen molar-refractivity contribution in [3.05, 3.63) is 29.8 Å². The van der Waals surface area contributed by atoms with Gasteiger partial charge in [-0.3, -0.25) is 9.79 Å². The molecular weight excluding hydrogens is 475 g/mol. The SMILES string of the molecule is CCNC(=NCC1(C)CCCS1)NCCNC(=O)c1cccc(OC)c1.I. The minimum Gasteiger partial charge on any atom is -0.497 e. The van der Waals surface area contributed by atoms with E-state index in [4.69, 9.17) is 9.73 Å². The van der Waals surface area contributed by atoms with Crippen molar-refractivity contribution in [2.24, 2.45) is 4.99 Å². The summed E-state index contributed by atoms with van der Waals surface area (Å²) in [6.45, 7) is 7.09. The molecule has 1 atom stereocenters. The monoisotopic (exact) mass is 506 g/mol. The number of aliphatic imine (C=N–C) groups is 1. The zero-order valence-corrected chi connectivity index (χ0v) is 19.5. The van der Waals surface area contributed by atoms with Gasteiger partial charge in [-0.2, -0.15) is 11.8 Å². The quantitative estimate of drug-likeness (QED) is 0.219. The Balaban J connectivity index is 0.00000364. The first kappa shape index (κ1) is 23.9. The topological polar surface area (TPSA) is 74.8 Å². The number of thioether (sulfide) groups is 1. The van der Waals surface area contributed by atoms with Crippen LogP contribution in [0.15, 0.2) is 29.3 Å². The van der Waals surface area contributed by atoms with E-state index >= 15 is 0 Å². The van der Waals surface area contributed by atoms with Crippen molar-refractivity contribution in [1.82, 2.24) is 16.0 Å². The average Bonchev–Trinajstić information content (AvgIpc) is 3.09.